The number of hydrogen-bond donors (Lipinski definition) is 0. The van der Waals surface area contributed by atoms with Gasteiger partial charge in [0.2, 0.25) is 0 Å². The van der Waals surface area contributed by atoms with Gasteiger partial charge in [0.25, 0.3) is 0 Å². The molecule has 178 valence electrons. The molecule has 1 aliphatic rings. The summed E-state index contributed by atoms with van der Waals surface area (Å²) < 4.78 is 11.7. The average Bonchev–Trinajstić information content (AvgIpc) is 3.01. The van der Waals surface area contributed by atoms with Crippen LogP contribution in [-0.4, -0.2) is 25.6 Å². The maximum Gasteiger partial charge on any atom is 0.189 e. The SMILES string of the molecule is CCOC(CC(C)c1ccccc1)CC1(C)CCC=C(C(=O)c2cccc(OC)c2C)CC1. The molecule has 0 N–H and O–H groups in total. The molecule has 0 bridgehead atoms. The summed E-state index contributed by atoms with van der Waals surface area (Å²) in [5.41, 5.74) is 4.16. The third-order valence-corrected chi connectivity index (χ3v) is 7.28. The molecular weight excluding hydrogens is 408 g/mol. The van der Waals surface area contributed by atoms with Crippen LogP contribution in [-0.2, 0) is 4.74 Å². The predicted molar refractivity (Wildman–Crippen MR) is 136 cm³/mol. The van der Waals surface area contributed by atoms with Crippen LogP contribution in [0.3, 0.4) is 0 Å². The molecule has 0 spiro atoms. The van der Waals surface area contributed by atoms with Crippen LogP contribution >= 0.6 is 0 Å². The summed E-state index contributed by atoms with van der Waals surface area (Å²) in [6.07, 6.45) is 8.32. The van der Waals surface area contributed by atoms with Gasteiger partial charge in [-0.25, -0.2) is 0 Å². The molecule has 3 heteroatoms. The molecule has 33 heavy (non-hydrogen) atoms. The van der Waals surface area contributed by atoms with Gasteiger partial charge < -0.3 is 9.47 Å². The second-order valence-corrected chi connectivity index (χ2v) is 9.87. The molecule has 0 saturated heterocycles. The third-order valence-electron chi connectivity index (χ3n) is 7.28. The molecule has 3 rings (SSSR count). The first-order valence-corrected chi connectivity index (χ1v) is 12.4. The number of ether oxygens (including phenoxy) is 2. The maximum absolute atomic E-state index is 13.3. The lowest BCUT2D eigenvalue weighted by Crippen LogP contribution is -2.27. The molecule has 0 fully saturated rings. The second kappa shape index (κ2) is 11.7. The molecule has 0 aliphatic heterocycles. The summed E-state index contributed by atoms with van der Waals surface area (Å²) in [5.74, 6) is 1.38. The van der Waals surface area contributed by atoms with E-state index in [-0.39, 0.29) is 17.3 Å². The van der Waals surface area contributed by atoms with Crippen LogP contribution in [0.15, 0.2) is 60.2 Å². The first kappa shape index (κ1) is 25.2. The monoisotopic (exact) mass is 448 g/mol. The number of methoxy groups -OCH3 is 1. The minimum absolute atomic E-state index is 0.148. The number of allylic oxidation sites excluding steroid dienone is 2. The summed E-state index contributed by atoms with van der Waals surface area (Å²) in [7, 11) is 1.65. The smallest absolute Gasteiger partial charge is 0.189 e. The van der Waals surface area contributed by atoms with Gasteiger partial charge >= 0.3 is 0 Å². The minimum Gasteiger partial charge on any atom is -0.496 e. The fourth-order valence-corrected chi connectivity index (χ4v) is 5.23. The van der Waals surface area contributed by atoms with E-state index < -0.39 is 0 Å². The number of ketones is 1. The van der Waals surface area contributed by atoms with Crippen molar-refractivity contribution in [1.29, 1.82) is 0 Å². The molecule has 0 saturated carbocycles. The maximum atomic E-state index is 13.3. The summed E-state index contributed by atoms with van der Waals surface area (Å²) in [5, 5.41) is 0. The highest BCUT2D eigenvalue weighted by Gasteiger charge is 2.32. The van der Waals surface area contributed by atoms with Crippen molar-refractivity contribution >= 4 is 5.78 Å². The van der Waals surface area contributed by atoms with E-state index in [0.717, 1.165) is 67.6 Å². The van der Waals surface area contributed by atoms with E-state index in [9.17, 15) is 4.79 Å². The number of carbonyl (C=O) groups excluding carboxylic acids is 1. The lowest BCUT2D eigenvalue weighted by atomic mass is 9.75. The molecule has 0 radical (unpaired) electrons. The number of rotatable bonds is 10. The fourth-order valence-electron chi connectivity index (χ4n) is 5.23. The Morgan fingerprint density at radius 1 is 1.09 bits per heavy atom. The van der Waals surface area contributed by atoms with Crippen molar-refractivity contribution in [1.82, 2.24) is 0 Å². The van der Waals surface area contributed by atoms with Crippen molar-refractivity contribution in [2.75, 3.05) is 13.7 Å². The Balaban J connectivity index is 1.66. The average molecular weight is 449 g/mol. The van der Waals surface area contributed by atoms with Crippen LogP contribution < -0.4 is 4.74 Å². The van der Waals surface area contributed by atoms with Crippen LogP contribution in [0.4, 0.5) is 0 Å². The Bertz CT molecular complexity index is 946. The molecule has 2 aromatic carbocycles. The molecular formula is C30H40O3. The van der Waals surface area contributed by atoms with Crippen molar-refractivity contribution in [3.8, 4) is 5.75 Å². The van der Waals surface area contributed by atoms with E-state index in [1.807, 2.05) is 25.1 Å². The minimum atomic E-state index is 0.148. The number of Topliss-reactive ketones (excluding diaryl/α,β-unsaturated/α-hetero) is 1. The Morgan fingerprint density at radius 2 is 1.85 bits per heavy atom. The van der Waals surface area contributed by atoms with Crippen molar-refractivity contribution in [2.24, 2.45) is 5.41 Å². The summed E-state index contributed by atoms with van der Waals surface area (Å²) >= 11 is 0. The van der Waals surface area contributed by atoms with Gasteiger partial charge in [0.1, 0.15) is 5.75 Å². The molecule has 0 aromatic heterocycles. The molecule has 3 unspecified atom stereocenters. The van der Waals surface area contributed by atoms with Crippen molar-refractivity contribution in [2.45, 2.75) is 78.2 Å². The fraction of sp³-hybridized carbons (Fsp3) is 0.500. The predicted octanol–water partition coefficient (Wildman–Crippen LogP) is 7.68. The third kappa shape index (κ3) is 6.57. The molecule has 3 nitrogen and oxygen atoms in total. The Labute approximate surface area is 200 Å². The molecule has 0 heterocycles. The second-order valence-electron chi connectivity index (χ2n) is 9.87. The van der Waals surface area contributed by atoms with Gasteiger partial charge in [0.05, 0.1) is 13.2 Å². The van der Waals surface area contributed by atoms with Gasteiger partial charge in [0.15, 0.2) is 5.78 Å². The lowest BCUT2D eigenvalue weighted by Gasteiger charge is -2.33. The van der Waals surface area contributed by atoms with Crippen LogP contribution in [0.1, 0.15) is 86.7 Å². The van der Waals surface area contributed by atoms with Crippen LogP contribution in [0.2, 0.25) is 0 Å². The van der Waals surface area contributed by atoms with Crippen molar-refractivity contribution < 1.29 is 14.3 Å². The van der Waals surface area contributed by atoms with E-state index in [4.69, 9.17) is 9.47 Å². The highest BCUT2D eigenvalue weighted by molar-refractivity contribution is 6.09. The summed E-state index contributed by atoms with van der Waals surface area (Å²) in [6.45, 7) is 9.47. The Kier molecular flexibility index (Phi) is 8.91. The van der Waals surface area contributed by atoms with E-state index in [1.54, 1.807) is 7.11 Å². The molecule has 3 atom stereocenters. The zero-order chi connectivity index (χ0) is 23.8. The Hall–Kier alpha value is -2.39. The summed E-state index contributed by atoms with van der Waals surface area (Å²) in [6, 6.07) is 16.5. The quantitative estimate of drug-likeness (QED) is 0.350. The molecule has 0 amide bonds. The van der Waals surface area contributed by atoms with Gasteiger partial charge in [-0.1, -0.05) is 62.4 Å². The van der Waals surface area contributed by atoms with E-state index in [0.29, 0.717) is 5.92 Å². The van der Waals surface area contributed by atoms with Gasteiger partial charge in [-0.05, 0) is 80.9 Å². The zero-order valence-electron chi connectivity index (χ0n) is 21.0. The van der Waals surface area contributed by atoms with E-state index in [1.165, 1.54) is 5.56 Å². The van der Waals surface area contributed by atoms with Gasteiger partial charge in [-0.2, -0.15) is 0 Å². The van der Waals surface area contributed by atoms with Crippen LogP contribution in [0, 0.1) is 12.3 Å². The van der Waals surface area contributed by atoms with Crippen molar-refractivity contribution in [3.63, 3.8) is 0 Å². The Morgan fingerprint density at radius 3 is 2.55 bits per heavy atom. The van der Waals surface area contributed by atoms with Crippen LogP contribution in [0.5, 0.6) is 5.75 Å². The van der Waals surface area contributed by atoms with Gasteiger partial charge in [-0.3, -0.25) is 4.79 Å². The molecule has 2 aromatic rings. The van der Waals surface area contributed by atoms with Gasteiger partial charge in [-0.15, -0.1) is 0 Å². The normalized spacial score (nSPS) is 20.5. The number of hydrogen-bond acceptors (Lipinski definition) is 3. The lowest BCUT2D eigenvalue weighted by molar-refractivity contribution is 0.0138. The number of carbonyl (C=O) groups is 1. The first-order valence-electron chi connectivity index (χ1n) is 12.4. The highest BCUT2D eigenvalue weighted by Crippen LogP contribution is 2.41. The van der Waals surface area contributed by atoms with E-state index >= 15 is 0 Å². The first-order chi connectivity index (χ1) is 15.9. The van der Waals surface area contributed by atoms with Crippen molar-refractivity contribution in [3.05, 3.63) is 76.9 Å². The standard InChI is InChI=1S/C30H40O3/c1-6-33-26(20-22(2)24-12-8-7-9-13-24)21-30(4)18-11-14-25(17-19-30)29(31)27-15-10-16-28(32-5)23(27)3/h7-10,12-16,22,26H,6,11,17-21H2,1-5H3. The zero-order valence-corrected chi connectivity index (χ0v) is 21.0. The largest absolute Gasteiger partial charge is 0.496 e. The van der Waals surface area contributed by atoms with Crippen LogP contribution in [0.25, 0.3) is 0 Å². The van der Waals surface area contributed by atoms with Gasteiger partial charge in [0, 0.05) is 17.7 Å². The molecule has 1 aliphatic carbocycles. The highest BCUT2D eigenvalue weighted by atomic mass is 16.5. The number of benzene rings is 2. The summed E-state index contributed by atoms with van der Waals surface area (Å²) in [4.78, 5) is 13.3. The topological polar surface area (TPSA) is 35.5 Å². The van der Waals surface area contributed by atoms with E-state index in [2.05, 4.69) is 57.2 Å².